The molecule has 1 unspecified atom stereocenters. The molecule has 1 atom stereocenters. The minimum atomic E-state index is 0.474. The number of nitrogens with one attached hydrogen (secondary N) is 1. The number of hydrogen-bond donors (Lipinski definition) is 1. The molecule has 0 saturated carbocycles. The summed E-state index contributed by atoms with van der Waals surface area (Å²) in [4.78, 5) is 2.61. The van der Waals surface area contributed by atoms with E-state index >= 15 is 0 Å². The van der Waals surface area contributed by atoms with Gasteiger partial charge in [-0.05, 0) is 50.6 Å². The summed E-state index contributed by atoms with van der Waals surface area (Å²) in [7, 11) is 0. The quantitative estimate of drug-likeness (QED) is 0.652. The molecule has 0 spiro atoms. The largest absolute Gasteiger partial charge is 0.382 e. The maximum absolute atomic E-state index is 5.33. The van der Waals surface area contributed by atoms with Crippen LogP contribution in [0.4, 0.5) is 0 Å². The molecular weight excluding hydrogens is 236 g/mol. The van der Waals surface area contributed by atoms with E-state index < -0.39 is 0 Å². The lowest BCUT2D eigenvalue weighted by atomic mass is 9.80. The zero-order valence-electron chi connectivity index (χ0n) is 13.5. The molecular formula is C16H34N2O. The Labute approximate surface area is 120 Å². The van der Waals surface area contributed by atoms with Crippen molar-refractivity contribution in [2.45, 2.75) is 47.0 Å². The van der Waals surface area contributed by atoms with Crippen molar-refractivity contribution < 1.29 is 4.74 Å². The maximum atomic E-state index is 5.33. The summed E-state index contributed by atoms with van der Waals surface area (Å²) in [5.41, 5.74) is 0.474. The summed E-state index contributed by atoms with van der Waals surface area (Å²) in [5.74, 6) is 0.874. The van der Waals surface area contributed by atoms with Crippen LogP contribution in [-0.4, -0.2) is 50.8 Å². The molecule has 1 N–H and O–H groups in total. The predicted octanol–water partition coefficient (Wildman–Crippen LogP) is 2.76. The smallest absolute Gasteiger partial charge is 0.0466 e. The second-order valence-electron chi connectivity index (χ2n) is 6.81. The second-order valence-corrected chi connectivity index (χ2v) is 6.81. The van der Waals surface area contributed by atoms with E-state index in [1.807, 2.05) is 0 Å². The number of unbranched alkanes of at least 4 members (excludes halogenated alkanes) is 1. The van der Waals surface area contributed by atoms with E-state index in [4.69, 9.17) is 4.74 Å². The number of likely N-dealkylation sites (tertiary alicyclic amines) is 1. The molecule has 0 aromatic rings. The van der Waals surface area contributed by atoms with Crippen molar-refractivity contribution in [2.75, 3.05) is 45.9 Å². The third-order valence-electron chi connectivity index (χ3n) is 4.20. The van der Waals surface area contributed by atoms with Gasteiger partial charge in [0.1, 0.15) is 0 Å². The van der Waals surface area contributed by atoms with Gasteiger partial charge < -0.3 is 15.0 Å². The van der Waals surface area contributed by atoms with Crippen molar-refractivity contribution in [2.24, 2.45) is 11.3 Å². The average Bonchev–Trinajstić information content (AvgIpc) is 2.81. The van der Waals surface area contributed by atoms with E-state index in [1.54, 1.807) is 0 Å². The number of nitrogens with zero attached hydrogens (tertiary/aromatic N) is 1. The lowest BCUT2D eigenvalue weighted by Gasteiger charge is -2.27. The molecule has 3 nitrogen and oxygen atoms in total. The summed E-state index contributed by atoms with van der Waals surface area (Å²) in [6.07, 6.45) is 3.78. The summed E-state index contributed by atoms with van der Waals surface area (Å²) in [6.45, 7) is 17.0. The average molecular weight is 270 g/mol. The van der Waals surface area contributed by atoms with Crippen molar-refractivity contribution in [3.05, 3.63) is 0 Å². The normalized spacial score (nSPS) is 21.2. The molecule has 1 aliphatic heterocycles. The Morgan fingerprint density at radius 1 is 1.21 bits per heavy atom. The highest BCUT2D eigenvalue weighted by atomic mass is 16.5. The zero-order valence-corrected chi connectivity index (χ0v) is 13.5. The van der Waals surface area contributed by atoms with Crippen LogP contribution in [0.25, 0.3) is 0 Å². The molecule has 1 aliphatic rings. The van der Waals surface area contributed by atoms with E-state index in [0.717, 1.165) is 32.2 Å². The standard InChI is InChI=1S/C16H34N2O/c1-5-19-13-7-6-9-17-10-12-18-11-8-15(14-18)16(2,3)4/h15,17H,5-14H2,1-4H3. The van der Waals surface area contributed by atoms with Gasteiger partial charge in [0.15, 0.2) is 0 Å². The van der Waals surface area contributed by atoms with Gasteiger partial charge in [0.25, 0.3) is 0 Å². The molecule has 0 bridgehead atoms. The SMILES string of the molecule is CCOCCCCNCCN1CCC(C(C)(C)C)C1. The lowest BCUT2D eigenvalue weighted by Crippen LogP contribution is -2.32. The van der Waals surface area contributed by atoms with Gasteiger partial charge in [-0.3, -0.25) is 0 Å². The summed E-state index contributed by atoms with van der Waals surface area (Å²) < 4.78 is 5.33. The summed E-state index contributed by atoms with van der Waals surface area (Å²) in [5, 5.41) is 3.55. The summed E-state index contributed by atoms with van der Waals surface area (Å²) >= 11 is 0. The fourth-order valence-electron chi connectivity index (χ4n) is 2.70. The molecule has 0 aliphatic carbocycles. The van der Waals surface area contributed by atoms with Gasteiger partial charge in [-0.15, -0.1) is 0 Å². The van der Waals surface area contributed by atoms with Gasteiger partial charge in [0.2, 0.25) is 0 Å². The fraction of sp³-hybridized carbons (Fsp3) is 1.00. The topological polar surface area (TPSA) is 24.5 Å². The van der Waals surface area contributed by atoms with Gasteiger partial charge in [-0.1, -0.05) is 20.8 Å². The monoisotopic (exact) mass is 270 g/mol. The molecule has 1 rings (SSSR count). The first-order valence-electron chi connectivity index (χ1n) is 8.05. The van der Waals surface area contributed by atoms with Crippen molar-refractivity contribution in [3.8, 4) is 0 Å². The highest BCUT2D eigenvalue weighted by Crippen LogP contribution is 2.33. The first-order chi connectivity index (χ1) is 9.04. The maximum Gasteiger partial charge on any atom is 0.0466 e. The van der Waals surface area contributed by atoms with E-state index in [2.05, 4.69) is 37.9 Å². The molecule has 0 aromatic carbocycles. The fourth-order valence-corrected chi connectivity index (χ4v) is 2.70. The van der Waals surface area contributed by atoms with Crippen LogP contribution < -0.4 is 5.32 Å². The van der Waals surface area contributed by atoms with Crippen LogP contribution in [-0.2, 0) is 4.74 Å². The molecule has 1 heterocycles. The first-order valence-corrected chi connectivity index (χ1v) is 8.05. The van der Waals surface area contributed by atoms with Gasteiger partial charge in [0, 0.05) is 32.8 Å². The molecule has 0 radical (unpaired) electrons. The predicted molar refractivity (Wildman–Crippen MR) is 82.6 cm³/mol. The Hall–Kier alpha value is -0.120. The van der Waals surface area contributed by atoms with E-state index in [1.165, 1.54) is 38.9 Å². The van der Waals surface area contributed by atoms with Crippen molar-refractivity contribution in [1.82, 2.24) is 10.2 Å². The highest BCUT2D eigenvalue weighted by Gasteiger charge is 2.31. The second kappa shape index (κ2) is 8.93. The van der Waals surface area contributed by atoms with Crippen LogP contribution in [0.5, 0.6) is 0 Å². The van der Waals surface area contributed by atoms with Crippen LogP contribution in [0.2, 0.25) is 0 Å². The number of ether oxygens (including phenoxy) is 1. The molecule has 19 heavy (non-hydrogen) atoms. The van der Waals surface area contributed by atoms with Crippen LogP contribution in [0, 0.1) is 11.3 Å². The Morgan fingerprint density at radius 2 is 2.00 bits per heavy atom. The van der Waals surface area contributed by atoms with Crippen molar-refractivity contribution in [3.63, 3.8) is 0 Å². The minimum absolute atomic E-state index is 0.474. The first kappa shape index (κ1) is 16.9. The van der Waals surface area contributed by atoms with Crippen LogP contribution in [0.15, 0.2) is 0 Å². The lowest BCUT2D eigenvalue weighted by molar-refractivity contribution is 0.143. The van der Waals surface area contributed by atoms with E-state index in [0.29, 0.717) is 5.41 Å². The van der Waals surface area contributed by atoms with E-state index in [-0.39, 0.29) is 0 Å². The Morgan fingerprint density at radius 3 is 2.63 bits per heavy atom. The molecule has 0 amide bonds. The number of hydrogen-bond acceptors (Lipinski definition) is 3. The molecule has 3 heteroatoms. The summed E-state index contributed by atoms with van der Waals surface area (Å²) in [6, 6.07) is 0. The van der Waals surface area contributed by atoms with Crippen LogP contribution >= 0.6 is 0 Å². The Bertz CT molecular complexity index is 225. The molecule has 0 aromatic heterocycles. The van der Waals surface area contributed by atoms with Gasteiger partial charge in [0.05, 0.1) is 0 Å². The molecule has 1 saturated heterocycles. The van der Waals surface area contributed by atoms with Gasteiger partial charge >= 0.3 is 0 Å². The van der Waals surface area contributed by atoms with Gasteiger partial charge in [-0.25, -0.2) is 0 Å². The highest BCUT2D eigenvalue weighted by molar-refractivity contribution is 4.83. The Balaban J connectivity index is 1.94. The number of rotatable bonds is 9. The molecule has 1 fully saturated rings. The van der Waals surface area contributed by atoms with Gasteiger partial charge in [-0.2, -0.15) is 0 Å². The van der Waals surface area contributed by atoms with Crippen LogP contribution in [0.1, 0.15) is 47.0 Å². The van der Waals surface area contributed by atoms with E-state index in [9.17, 15) is 0 Å². The van der Waals surface area contributed by atoms with Crippen LogP contribution in [0.3, 0.4) is 0 Å². The zero-order chi connectivity index (χ0) is 14.1. The van der Waals surface area contributed by atoms with Crippen molar-refractivity contribution >= 4 is 0 Å². The third kappa shape index (κ3) is 7.28. The van der Waals surface area contributed by atoms with Crippen molar-refractivity contribution in [1.29, 1.82) is 0 Å². The Kier molecular flexibility index (Phi) is 7.96. The minimum Gasteiger partial charge on any atom is -0.382 e. The third-order valence-corrected chi connectivity index (χ3v) is 4.20. The molecule has 114 valence electrons.